The van der Waals surface area contributed by atoms with Gasteiger partial charge < -0.3 is 14.4 Å². The van der Waals surface area contributed by atoms with Crippen LogP contribution in [0, 0.1) is 0 Å². The summed E-state index contributed by atoms with van der Waals surface area (Å²) in [5.41, 5.74) is 0.279. The van der Waals surface area contributed by atoms with E-state index in [9.17, 15) is 4.79 Å². The van der Waals surface area contributed by atoms with Crippen molar-refractivity contribution in [1.29, 1.82) is 0 Å². The molecule has 4 nitrogen and oxygen atoms in total. The highest BCUT2D eigenvalue weighted by Gasteiger charge is 2.15. The number of hydrogen-bond acceptors (Lipinski definition) is 4. The van der Waals surface area contributed by atoms with E-state index in [0.717, 1.165) is 0 Å². The maximum Gasteiger partial charge on any atom is 0.341 e. The Morgan fingerprint density at radius 2 is 2.06 bits per heavy atom. The summed E-state index contributed by atoms with van der Waals surface area (Å²) in [6.07, 6.45) is 0. The molecule has 0 fully saturated rings. The van der Waals surface area contributed by atoms with Crippen molar-refractivity contribution in [2.45, 2.75) is 0 Å². The largest absolute Gasteiger partial charge is 0.465 e. The molecular formula is C11H12ClNO3S. The molecule has 6 heteroatoms. The van der Waals surface area contributed by atoms with Crippen molar-refractivity contribution in [1.82, 2.24) is 4.90 Å². The van der Waals surface area contributed by atoms with Gasteiger partial charge in [-0.15, -0.1) is 0 Å². The quantitative estimate of drug-likeness (QED) is 0.611. The van der Waals surface area contributed by atoms with E-state index in [2.05, 4.69) is 4.74 Å². The lowest BCUT2D eigenvalue weighted by Crippen LogP contribution is -2.25. The molecule has 92 valence electrons. The Morgan fingerprint density at radius 1 is 1.41 bits per heavy atom. The molecule has 0 N–H and O–H groups in total. The lowest BCUT2D eigenvalue weighted by atomic mass is 10.2. The first kappa shape index (κ1) is 13.7. The van der Waals surface area contributed by atoms with Gasteiger partial charge in [-0.25, -0.2) is 4.79 Å². The smallest absolute Gasteiger partial charge is 0.341 e. The van der Waals surface area contributed by atoms with Gasteiger partial charge in [-0.1, -0.05) is 11.6 Å². The van der Waals surface area contributed by atoms with Crippen LogP contribution < -0.4 is 4.74 Å². The molecule has 0 atom stereocenters. The Bertz CT molecular complexity index is 448. The van der Waals surface area contributed by atoms with Crippen LogP contribution in [0.2, 0.25) is 5.02 Å². The van der Waals surface area contributed by atoms with E-state index in [1.807, 2.05) is 0 Å². The average molecular weight is 274 g/mol. The fourth-order valence-electron chi connectivity index (χ4n) is 1.04. The third-order valence-corrected chi connectivity index (χ3v) is 2.59. The van der Waals surface area contributed by atoms with Gasteiger partial charge in [0.25, 0.3) is 5.17 Å². The van der Waals surface area contributed by atoms with Gasteiger partial charge in [0.1, 0.15) is 11.3 Å². The number of nitrogens with zero attached hydrogens (tertiary/aromatic N) is 1. The van der Waals surface area contributed by atoms with Gasteiger partial charge in [0.2, 0.25) is 0 Å². The summed E-state index contributed by atoms with van der Waals surface area (Å²) in [7, 11) is 4.78. The Labute approximate surface area is 110 Å². The summed E-state index contributed by atoms with van der Waals surface area (Å²) >= 11 is 10.8. The molecule has 0 aliphatic carbocycles. The molecule has 0 aliphatic rings. The van der Waals surface area contributed by atoms with Crippen molar-refractivity contribution in [3.05, 3.63) is 28.8 Å². The van der Waals surface area contributed by atoms with Gasteiger partial charge in [0.05, 0.1) is 7.11 Å². The lowest BCUT2D eigenvalue weighted by molar-refractivity contribution is 0.0598. The van der Waals surface area contributed by atoms with E-state index in [-0.39, 0.29) is 16.5 Å². The van der Waals surface area contributed by atoms with Crippen molar-refractivity contribution in [3.63, 3.8) is 0 Å². The molecule has 1 aromatic carbocycles. The van der Waals surface area contributed by atoms with Crippen LogP contribution in [0.4, 0.5) is 0 Å². The second kappa shape index (κ2) is 5.84. The molecule has 0 heterocycles. The predicted octanol–water partition coefficient (Wildman–Crippen LogP) is 2.35. The van der Waals surface area contributed by atoms with E-state index in [4.69, 9.17) is 28.6 Å². The maximum absolute atomic E-state index is 11.5. The Hall–Kier alpha value is -1.33. The highest BCUT2D eigenvalue weighted by molar-refractivity contribution is 7.80. The molecule has 0 radical (unpaired) electrons. The van der Waals surface area contributed by atoms with Crippen LogP contribution in [0.25, 0.3) is 0 Å². The van der Waals surface area contributed by atoms with Gasteiger partial charge >= 0.3 is 5.97 Å². The second-order valence-electron chi connectivity index (χ2n) is 3.39. The Kier molecular flexibility index (Phi) is 4.72. The van der Waals surface area contributed by atoms with E-state index < -0.39 is 5.97 Å². The number of methoxy groups -OCH3 is 1. The van der Waals surface area contributed by atoms with Crippen LogP contribution in [-0.2, 0) is 4.74 Å². The summed E-state index contributed by atoms with van der Waals surface area (Å²) in [6.45, 7) is 0. The minimum Gasteiger partial charge on any atom is -0.465 e. The number of halogens is 1. The van der Waals surface area contributed by atoms with Crippen LogP contribution in [0.1, 0.15) is 10.4 Å². The lowest BCUT2D eigenvalue weighted by Gasteiger charge is -2.15. The molecule has 1 aromatic rings. The molecule has 0 aromatic heterocycles. The molecule has 0 aliphatic heterocycles. The molecule has 0 saturated carbocycles. The van der Waals surface area contributed by atoms with E-state index in [1.165, 1.54) is 19.2 Å². The van der Waals surface area contributed by atoms with Crippen LogP contribution in [-0.4, -0.2) is 37.2 Å². The summed E-state index contributed by atoms with van der Waals surface area (Å²) < 4.78 is 10.0. The number of thiocarbonyl (C=S) groups is 1. The Morgan fingerprint density at radius 3 is 2.59 bits per heavy atom. The highest BCUT2D eigenvalue weighted by Crippen LogP contribution is 2.24. The summed E-state index contributed by atoms with van der Waals surface area (Å²) in [4.78, 5) is 13.1. The van der Waals surface area contributed by atoms with Crippen LogP contribution in [0.15, 0.2) is 18.2 Å². The molecule has 17 heavy (non-hydrogen) atoms. The van der Waals surface area contributed by atoms with E-state index >= 15 is 0 Å². The zero-order valence-corrected chi connectivity index (χ0v) is 11.3. The first-order chi connectivity index (χ1) is 7.95. The fraction of sp³-hybridized carbons (Fsp3) is 0.273. The summed E-state index contributed by atoms with van der Waals surface area (Å²) in [5.74, 6) is -0.221. The molecule has 0 saturated heterocycles. The zero-order valence-electron chi connectivity index (χ0n) is 9.69. The topological polar surface area (TPSA) is 38.8 Å². The van der Waals surface area contributed by atoms with Gasteiger partial charge in [-0.3, -0.25) is 0 Å². The standard InChI is InChI=1S/C11H12ClNO3S/c1-13(2)11(17)16-9-6-7(12)4-5-8(9)10(14)15-3/h4-6H,1-3H3. The minimum atomic E-state index is -0.502. The number of hydrogen-bond donors (Lipinski definition) is 0. The first-order valence-corrected chi connectivity index (χ1v) is 5.51. The number of esters is 1. The summed E-state index contributed by atoms with van der Waals surface area (Å²) in [6, 6.07) is 4.63. The number of rotatable bonds is 2. The Balaban J connectivity index is 3.07. The predicted molar refractivity (Wildman–Crippen MR) is 69.7 cm³/mol. The molecule has 0 bridgehead atoms. The van der Waals surface area contributed by atoms with Crippen molar-refractivity contribution in [3.8, 4) is 5.75 Å². The van der Waals surface area contributed by atoms with E-state index in [0.29, 0.717) is 5.02 Å². The first-order valence-electron chi connectivity index (χ1n) is 4.72. The number of carbonyl (C=O) groups excluding carboxylic acids is 1. The minimum absolute atomic E-state index is 0.234. The van der Waals surface area contributed by atoms with Gasteiger partial charge in [-0.05, 0) is 24.4 Å². The van der Waals surface area contributed by atoms with Gasteiger partial charge in [0.15, 0.2) is 0 Å². The zero-order chi connectivity index (χ0) is 13.0. The van der Waals surface area contributed by atoms with Crippen LogP contribution >= 0.6 is 23.8 Å². The molecule has 0 spiro atoms. The van der Waals surface area contributed by atoms with Gasteiger partial charge in [-0.2, -0.15) is 0 Å². The van der Waals surface area contributed by atoms with Gasteiger partial charge in [0, 0.05) is 25.2 Å². The number of carbonyl (C=O) groups is 1. The second-order valence-corrected chi connectivity index (χ2v) is 4.18. The third kappa shape index (κ3) is 3.57. The molecule has 0 amide bonds. The maximum atomic E-state index is 11.5. The summed E-state index contributed by atoms with van der Waals surface area (Å²) in [5, 5.41) is 0.687. The molecule has 1 rings (SSSR count). The van der Waals surface area contributed by atoms with E-state index in [1.54, 1.807) is 25.1 Å². The molecular weight excluding hydrogens is 262 g/mol. The third-order valence-electron chi connectivity index (χ3n) is 1.91. The molecule has 0 unspecified atom stereocenters. The van der Waals surface area contributed by atoms with Crippen LogP contribution in [0.5, 0.6) is 5.75 Å². The highest BCUT2D eigenvalue weighted by atomic mass is 35.5. The number of benzene rings is 1. The van der Waals surface area contributed by atoms with Crippen molar-refractivity contribution >= 4 is 35.0 Å². The van der Waals surface area contributed by atoms with Crippen molar-refractivity contribution in [2.24, 2.45) is 0 Å². The average Bonchev–Trinajstić information content (AvgIpc) is 2.28. The monoisotopic (exact) mass is 273 g/mol. The van der Waals surface area contributed by atoms with Crippen molar-refractivity contribution in [2.75, 3.05) is 21.2 Å². The van der Waals surface area contributed by atoms with Crippen molar-refractivity contribution < 1.29 is 14.3 Å². The fourth-order valence-corrected chi connectivity index (χ4v) is 1.30. The SMILES string of the molecule is COC(=O)c1ccc(Cl)cc1OC(=S)N(C)C. The van der Waals surface area contributed by atoms with Crippen LogP contribution in [0.3, 0.4) is 0 Å². The number of ether oxygens (including phenoxy) is 2. The normalized spacial score (nSPS) is 9.65.